The topological polar surface area (TPSA) is 59.5 Å². The molecule has 2 aromatic rings. The van der Waals surface area contributed by atoms with E-state index in [1.54, 1.807) is 19.2 Å². The number of amides is 1. The summed E-state index contributed by atoms with van der Waals surface area (Å²) in [5.74, 6) is 1.05. The van der Waals surface area contributed by atoms with Gasteiger partial charge in [-0.2, -0.15) is 5.10 Å². The third-order valence-corrected chi connectivity index (χ3v) is 3.70. The van der Waals surface area contributed by atoms with Crippen molar-refractivity contribution < 1.29 is 9.21 Å². The van der Waals surface area contributed by atoms with Gasteiger partial charge >= 0.3 is 0 Å². The molecule has 2 heterocycles. The molecular weight excluding hydrogens is 278 g/mol. The lowest BCUT2D eigenvalue weighted by molar-refractivity contribution is 0.0953. The fourth-order valence-electron chi connectivity index (χ4n) is 2.80. The molecule has 0 saturated carbocycles. The molecule has 0 aliphatic rings. The number of carbonyl (C=O) groups is 1. The number of carbonyl (C=O) groups excluding carboxylic acids is 1. The van der Waals surface area contributed by atoms with Crippen LogP contribution >= 0.6 is 0 Å². The van der Waals surface area contributed by atoms with Crippen LogP contribution in [-0.2, 0) is 0 Å². The van der Waals surface area contributed by atoms with Crippen molar-refractivity contribution in [2.45, 2.75) is 47.6 Å². The van der Waals surface area contributed by atoms with E-state index in [2.05, 4.69) is 48.9 Å². The number of furan rings is 1. The molecule has 0 fully saturated rings. The molecule has 5 nitrogen and oxygen atoms in total. The van der Waals surface area contributed by atoms with Crippen LogP contribution < -0.4 is 5.43 Å². The van der Waals surface area contributed by atoms with Crippen molar-refractivity contribution in [3.63, 3.8) is 0 Å². The number of aryl methyl sites for hydroxylation is 3. The Hall–Kier alpha value is -2.30. The quantitative estimate of drug-likeness (QED) is 0.692. The lowest BCUT2D eigenvalue weighted by Gasteiger charge is -2.13. The summed E-state index contributed by atoms with van der Waals surface area (Å²) in [7, 11) is 0. The van der Waals surface area contributed by atoms with Crippen molar-refractivity contribution >= 4 is 12.1 Å². The SMILES string of the molecule is Cc1cc(C(=O)N/N=C\c2cc(C)n(C(C)C)c2C)c(C)o1. The molecule has 0 spiro atoms. The molecule has 0 bridgehead atoms. The number of nitrogens with zero attached hydrogens (tertiary/aromatic N) is 2. The molecule has 2 aromatic heterocycles. The Bertz CT molecular complexity index is 721. The molecule has 1 amide bonds. The number of aromatic nitrogens is 1. The molecule has 0 radical (unpaired) electrons. The first-order valence-corrected chi connectivity index (χ1v) is 7.40. The van der Waals surface area contributed by atoms with Crippen LogP contribution in [0, 0.1) is 27.7 Å². The molecule has 0 aliphatic carbocycles. The van der Waals surface area contributed by atoms with Crippen molar-refractivity contribution in [2.75, 3.05) is 0 Å². The highest BCUT2D eigenvalue weighted by Crippen LogP contribution is 2.18. The van der Waals surface area contributed by atoms with E-state index < -0.39 is 0 Å². The minimum Gasteiger partial charge on any atom is -0.466 e. The van der Waals surface area contributed by atoms with Gasteiger partial charge in [0, 0.05) is 23.0 Å². The van der Waals surface area contributed by atoms with E-state index in [1.165, 1.54) is 5.69 Å². The third-order valence-electron chi connectivity index (χ3n) is 3.70. The largest absolute Gasteiger partial charge is 0.466 e. The van der Waals surface area contributed by atoms with Gasteiger partial charge in [0.05, 0.1) is 11.8 Å². The Morgan fingerprint density at radius 2 is 1.95 bits per heavy atom. The molecule has 5 heteroatoms. The van der Waals surface area contributed by atoms with Crippen molar-refractivity contribution in [1.82, 2.24) is 9.99 Å². The summed E-state index contributed by atoms with van der Waals surface area (Å²) in [5.41, 5.74) is 6.39. The summed E-state index contributed by atoms with van der Waals surface area (Å²) in [6, 6.07) is 4.18. The lowest BCUT2D eigenvalue weighted by atomic mass is 10.2. The van der Waals surface area contributed by atoms with Gasteiger partial charge in [-0.05, 0) is 53.7 Å². The highest BCUT2D eigenvalue weighted by molar-refractivity contribution is 5.96. The fraction of sp³-hybridized carbons (Fsp3) is 0.412. The van der Waals surface area contributed by atoms with Crippen LogP contribution in [0.2, 0.25) is 0 Å². The Morgan fingerprint density at radius 3 is 2.45 bits per heavy atom. The monoisotopic (exact) mass is 301 g/mol. The second kappa shape index (κ2) is 6.22. The zero-order valence-electron chi connectivity index (χ0n) is 14.0. The van der Waals surface area contributed by atoms with Gasteiger partial charge in [-0.3, -0.25) is 4.79 Å². The van der Waals surface area contributed by atoms with E-state index in [9.17, 15) is 4.79 Å². The zero-order chi connectivity index (χ0) is 16.4. The van der Waals surface area contributed by atoms with Gasteiger partial charge in [-0.1, -0.05) is 0 Å². The van der Waals surface area contributed by atoms with Gasteiger partial charge in [0.15, 0.2) is 0 Å². The smallest absolute Gasteiger partial charge is 0.274 e. The van der Waals surface area contributed by atoms with Gasteiger partial charge in [-0.15, -0.1) is 0 Å². The van der Waals surface area contributed by atoms with E-state index in [0.29, 0.717) is 23.1 Å². The van der Waals surface area contributed by atoms with Crippen LogP contribution in [-0.4, -0.2) is 16.7 Å². The van der Waals surface area contributed by atoms with Gasteiger partial charge in [-0.25, -0.2) is 5.43 Å². The lowest BCUT2D eigenvalue weighted by Crippen LogP contribution is -2.17. The average molecular weight is 301 g/mol. The van der Waals surface area contributed by atoms with Crippen LogP contribution in [0.1, 0.15) is 58.7 Å². The molecule has 2 rings (SSSR count). The van der Waals surface area contributed by atoms with Crippen molar-refractivity contribution in [1.29, 1.82) is 0 Å². The minimum atomic E-state index is -0.261. The zero-order valence-corrected chi connectivity index (χ0v) is 14.0. The first-order chi connectivity index (χ1) is 10.3. The average Bonchev–Trinajstić information content (AvgIpc) is 2.89. The second-order valence-electron chi connectivity index (χ2n) is 5.82. The predicted octanol–water partition coefficient (Wildman–Crippen LogP) is 3.66. The summed E-state index contributed by atoms with van der Waals surface area (Å²) in [6.07, 6.45) is 1.68. The number of hydrazone groups is 1. The number of rotatable bonds is 4. The van der Waals surface area contributed by atoms with Crippen LogP contribution in [0.15, 0.2) is 21.7 Å². The number of hydrogen-bond acceptors (Lipinski definition) is 3. The molecule has 0 aliphatic heterocycles. The normalized spacial score (nSPS) is 11.6. The van der Waals surface area contributed by atoms with E-state index in [1.807, 2.05) is 6.92 Å². The molecule has 1 N–H and O–H groups in total. The Labute approximate surface area is 131 Å². The summed E-state index contributed by atoms with van der Waals surface area (Å²) in [5, 5.41) is 4.06. The maximum atomic E-state index is 12.0. The molecule has 0 aromatic carbocycles. The van der Waals surface area contributed by atoms with Crippen LogP contribution in [0.5, 0.6) is 0 Å². The summed E-state index contributed by atoms with van der Waals surface area (Å²) < 4.78 is 7.59. The highest BCUT2D eigenvalue weighted by Gasteiger charge is 2.13. The third kappa shape index (κ3) is 3.13. The van der Waals surface area contributed by atoms with E-state index in [0.717, 1.165) is 11.3 Å². The minimum absolute atomic E-state index is 0.261. The molecule has 0 saturated heterocycles. The van der Waals surface area contributed by atoms with E-state index in [4.69, 9.17) is 4.42 Å². The Morgan fingerprint density at radius 1 is 1.27 bits per heavy atom. The fourth-order valence-corrected chi connectivity index (χ4v) is 2.80. The van der Waals surface area contributed by atoms with Gasteiger partial charge in [0.25, 0.3) is 5.91 Å². The maximum Gasteiger partial charge on any atom is 0.274 e. The Kier molecular flexibility index (Phi) is 4.54. The standard InChI is InChI=1S/C17H23N3O2/c1-10(2)20-11(3)7-15(13(20)5)9-18-19-17(21)16-8-12(4)22-14(16)6/h7-10H,1-6H3,(H,19,21)/b18-9-. The molecular formula is C17H23N3O2. The Balaban J connectivity index is 2.12. The summed E-state index contributed by atoms with van der Waals surface area (Å²) in [6.45, 7) is 12.0. The summed E-state index contributed by atoms with van der Waals surface area (Å²) in [4.78, 5) is 12.0. The van der Waals surface area contributed by atoms with Gasteiger partial charge < -0.3 is 8.98 Å². The highest BCUT2D eigenvalue weighted by atomic mass is 16.3. The number of nitrogens with one attached hydrogen (secondary N) is 1. The maximum absolute atomic E-state index is 12.0. The van der Waals surface area contributed by atoms with Crippen molar-refractivity contribution in [3.8, 4) is 0 Å². The van der Waals surface area contributed by atoms with Crippen LogP contribution in [0.25, 0.3) is 0 Å². The van der Waals surface area contributed by atoms with Crippen molar-refractivity contribution in [2.24, 2.45) is 5.10 Å². The van der Waals surface area contributed by atoms with Gasteiger partial charge in [0.1, 0.15) is 11.5 Å². The van der Waals surface area contributed by atoms with Crippen LogP contribution in [0.4, 0.5) is 0 Å². The number of hydrogen-bond donors (Lipinski definition) is 1. The first kappa shape index (κ1) is 16.1. The second-order valence-corrected chi connectivity index (χ2v) is 5.82. The van der Waals surface area contributed by atoms with Crippen molar-refractivity contribution in [3.05, 3.63) is 46.2 Å². The van der Waals surface area contributed by atoms with Crippen LogP contribution in [0.3, 0.4) is 0 Å². The molecule has 0 atom stereocenters. The van der Waals surface area contributed by atoms with E-state index >= 15 is 0 Å². The molecule has 118 valence electrons. The first-order valence-electron chi connectivity index (χ1n) is 7.40. The summed E-state index contributed by atoms with van der Waals surface area (Å²) >= 11 is 0. The van der Waals surface area contributed by atoms with E-state index in [-0.39, 0.29) is 5.91 Å². The molecule has 22 heavy (non-hydrogen) atoms. The molecule has 0 unspecified atom stereocenters. The predicted molar refractivity (Wildman–Crippen MR) is 87.5 cm³/mol. The van der Waals surface area contributed by atoms with Gasteiger partial charge in [0.2, 0.25) is 0 Å².